The number of hydrogen-bond acceptors (Lipinski definition) is 9. The number of amides is 1. The molecule has 0 fully saturated rings. The molecule has 2 aromatic heterocycles. The Morgan fingerprint density at radius 3 is 2.45 bits per heavy atom. The highest BCUT2D eigenvalue weighted by molar-refractivity contribution is 5.96. The normalized spacial score (nSPS) is 11.3. The molecule has 0 spiro atoms. The molecule has 3 rings (SSSR count). The van der Waals surface area contributed by atoms with Gasteiger partial charge < -0.3 is 26.6 Å². The molecular weight excluding hydrogens is 450 g/mol. The van der Waals surface area contributed by atoms with Crippen molar-refractivity contribution >= 4 is 51.6 Å². The fourth-order valence-corrected chi connectivity index (χ4v) is 2.75. The first-order valence-corrected chi connectivity index (χ1v) is 9.33. The summed E-state index contributed by atoms with van der Waals surface area (Å²) < 4.78 is 0. The van der Waals surface area contributed by atoms with Gasteiger partial charge in [-0.2, -0.15) is 4.98 Å². The maximum atomic E-state index is 12.3. The van der Waals surface area contributed by atoms with E-state index in [-0.39, 0.29) is 53.0 Å². The second-order valence-corrected chi connectivity index (χ2v) is 6.71. The van der Waals surface area contributed by atoms with Gasteiger partial charge in [-0.3, -0.25) is 19.4 Å². The molecule has 13 nitrogen and oxygen atoms in total. The Morgan fingerprint density at radius 1 is 1.12 bits per heavy atom. The van der Waals surface area contributed by atoms with Crippen molar-refractivity contribution in [2.75, 3.05) is 11.1 Å². The van der Waals surface area contributed by atoms with Crippen LogP contribution in [0.4, 0.5) is 11.6 Å². The number of carboxylic acids is 2. The van der Waals surface area contributed by atoms with Gasteiger partial charge >= 0.3 is 11.9 Å². The molecule has 3 aromatic rings. The van der Waals surface area contributed by atoms with Crippen LogP contribution < -0.4 is 21.9 Å². The highest BCUT2D eigenvalue weighted by Gasteiger charge is 2.21. The van der Waals surface area contributed by atoms with Crippen molar-refractivity contribution in [2.24, 2.45) is 0 Å². The summed E-state index contributed by atoms with van der Waals surface area (Å²) >= 11 is 0. The number of anilines is 2. The Bertz CT molecular complexity index is 1230. The van der Waals surface area contributed by atoms with Crippen LogP contribution >= 0.6 is 0 Å². The van der Waals surface area contributed by atoms with Gasteiger partial charge in [0.2, 0.25) is 5.95 Å². The van der Waals surface area contributed by atoms with Crippen molar-refractivity contribution in [3.8, 4) is 0 Å². The maximum Gasteiger partial charge on any atom is 0.326 e. The minimum absolute atomic E-state index is 0. The van der Waals surface area contributed by atoms with Gasteiger partial charge in [0.25, 0.3) is 11.5 Å². The number of benzene rings is 1. The Hall–Kier alpha value is -4.33. The van der Waals surface area contributed by atoms with Crippen LogP contribution in [0.1, 0.15) is 28.9 Å². The summed E-state index contributed by atoms with van der Waals surface area (Å²) in [4.78, 5) is 60.6. The lowest BCUT2D eigenvalue weighted by molar-refractivity contribution is -0.140. The molecule has 0 radical (unpaired) electrons. The number of fused-ring (bicyclic) bond motifs is 1. The molecule has 14 heteroatoms. The summed E-state index contributed by atoms with van der Waals surface area (Å²) in [6.45, 7) is 0.231. The highest BCUT2D eigenvalue weighted by Crippen LogP contribution is 2.12. The van der Waals surface area contributed by atoms with Crippen LogP contribution in [0.2, 0.25) is 0 Å². The van der Waals surface area contributed by atoms with E-state index in [9.17, 15) is 19.2 Å². The van der Waals surface area contributed by atoms with E-state index in [1.54, 1.807) is 12.1 Å². The SMILES string of the molecule is Nc1nc2ncc(CNc3ccc(C(=O)NC(CCC(=O)O)C(=O)O)cc3)nc2c(=O)[nH]1.[SiH4]. The Morgan fingerprint density at radius 2 is 1.82 bits per heavy atom. The first-order chi connectivity index (χ1) is 15.2. The molecule has 1 amide bonds. The molecule has 0 bridgehead atoms. The fraction of sp³-hybridized carbons (Fsp3) is 0.211. The number of carboxylic acid groups (broad SMARTS) is 2. The molecule has 7 N–H and O–H groups in total. The van der Waals surface area contributed by atoms with E-state index in [1.165, 1.54) is 18.3 Å². The predicted octanol–water partition coefficient (Wildman–Crippen LogP) is -1.50. The van der Waals surface area contributed by atoms with E-state index in [0.29, 0.717) is 11.4 Å². The molecule has 1 unspecified atom stereocenters. The van der Waals surface area contributed by atoms with E-state index < -0.39 is 29.4 Å². The van der Waals surface area contributed by atoms with Gasteiger partial charge in [0, 0.05) is 17.7 Å². The number of carbonyl (C=O) groups is 3. The molecule has 0 saturated heterocycles. The Balaban J connectivity index is 0.00000385. The van der Waals surface area contributed by atoms with Crippen LogP contribution in [0.5, 0.6) is 0 Å². The Labute approximate surface area is 190 Å². The maximum absolute atomic E-state index is 12.3. The van der Waals surface area contributed by atoms with Crippen molar-refractivity contribution in [1.29, 1.82) is 0 Å². The number of H-pyrrole nitrogens is 1. The first-order valence-electron chi connectivity index (χ1n) is 9.33. The van der Waals surface area contributed by atoms with Crippen LogP contribution in [0, 0.1) is 0 Å². The second-order valence-electron chi connectivity index (χ2n) is 6.71. The predicted molar refractivity (Wildman–Crippen MR) is 123 cm³/mol. The number of nitrogens with two attached hydrogens (primary N) is 1. The summed E-state index contributed by atoms with van der Waals surface area (Å²) in [6, 6.07) is 4.86. The first kappa shape index (κ1) is 24.9. The number of carbonyl (C=O) groups excluding carboxylic acids is 1. The third-order valence-electron chi connectivity index (χ3n) is 4.36. The van der Waals surface area contributed by atoms with E-state index in [4.69, 9.17) is 15.9 Å². The van der Waals surface area contributed by atoms with Crippen LogP contribution in [0.3, 0.4) is 0 Å². The zero-order chi connectivity index (χ0) is 23.3. The van der Waals surface area contributed by atoms with Crippen LogP contribution in [0.15, 0.2) is 35.3 Å². The number of aromatic nitrogens is 4. The summed E-state index contributed by atoms with van der Waals surface area (Å²) in [5.41, 5.74) is 6.47. The highest BCUT2D eigenvalue weighted by atomic mass is 28.1. The molecule has 174 valence electrons. The quantitative estimate of drug-likeness (QED) is 0.197. The van der Waals surface area contributed by atoms with E-state index >= 15 is 0 Å². The minimum Gasteiger partial charge on any atom is -0.481 e. The molecule has 33 heavy (non-hydrogen) atoms. The number of aliphatic carboxylic acids is 2. The topological polar surface area (TPSA) is 213 Å². The van der Waals surface area contributed by atoms with Crippen molar-refractivity contribution in [3.05, 3.63) is 52.1 Å². The van der Waals surface area contributed by atoms with Gasteiger partial charge in [0.1, 0.15) is 6.04 Å². The van der Waals surface area contributed by atoms with Crippen LogP contribution in [-0.2, 0) is 16.1 Å². The van der Waals surface area contributed by atoms with Gasteiger partial charge in [0.15, 0.2) is 11.2 Å². The molecule has 1 atom stereocenters. The molecule has 0 aliphatic heterocycles. The summed E-state index contributed by atoms with van der Waals surface area (Å²) in [7, 11) is 0. The average Bonchev–Trinajstić information content (AvgIpc) is 2.75. The van der Waals surface area contributed by atoms with Crippen molar-refractivity contribution in [2.45, 2.75) is 25.4 Å². The lowest BCUT2D eigenvalue weighted by Gasteiger charge is -2.14. The van der Waals surface area contributed by atoms with Gasteiger partial charge in [0.05, 0.1) is 18.4 Å². The van der Waals surface area contributed by atoms with Gasteiger partial charge in [-0.15, -0.1) is 0 Å². The van der Waals surface area contributed by atoms with Crippen molar-refractivity contribution in [3.63, 3.8) is 0 Å². The third kappa shape index (κ3) is 6.57. The number of hydrogen-bond donors (Lipinski definition) is 6. The van der Waals surface area contributed by atoms with Gasteiger partial charge in [-0.05, 0) is 41.7 Å². The van der Waals surface area contributed by atoms with E-state index in [2.05, 4.69) is 30.6 Å². The van der Waals surface area contributed by atoms with E-state index in [0.717, 1.165) is 0 Å². The van der Waals surface area contributed by atoms with Gasteiger partial charge in [-0.25, -0.2) is 14.8 Å². The molecule has 0 aliphatic carbocycles. The zero-order valence-corrected chi connectivity index (χ0v) is 16.5. The van der Waals surface area contributed by atoms with Gasteiger partial charge in [-0.1, -0.05) is 0 Å². The lowest BCUT2D eigenvalue weighted by atomic mass is 10.1. The second kappa shape index (κ2) is 10.8. The molecular formula is C19H23N7O6Si. The largest absolute Gasteiger partial charge is 0.481 e. The smallest absolute Gasteiger partial charge is 0.326 e. The summed E-state index contributed by atoms with van der Waals surface area (Å²) in [6.07, 6.45) is 0.840. The molecule has 0 aliphatic rings. The number of nitrogen functional groups attached to an aromatic ring is 1. The summed E-state index contributed by atoms with van der Waals surface area (Å²) in [5, 5.41) is 23.2. The standard InChI is InChI=1S/C19H19N7O6.H4Si/c20-19-25-15-14(17(30)26-19)23-11(8-22-15)7-21-10-3-1-9(2-4-10)16(29)24-12(18(31)32)5-6-13(27)28;/h1-4,8,12,21H,5-7H2,(H,24,29)(H,27,28)(H,31,32)(H3,20,22,25,26,30);1H4. The third-order valence-corrected chi connectivity index (χ3v) is 4.36. The average molecular weight is 474 g/mol. The molecule has 1 aromatic carbocycles. The minimum atomic E-state index is -1.31. The van der Waals surface area contributed by atoms with Crippen LogP contribution in [0.25, 0.3) is 11.2 Å². The molecule has 2 heterocycles. The Kier molecular flexibility index (Phi) is 8.17. The van der Waals surface area contributed by atoms with E-state index in [1.807, 2.05) is 0 Å². The monoisotopic (exact) mass is 473 g/mol. The number of rotatable bonds is 9. The summed E-state index contributed by atoms with van der Waals surface area (Å²) in [5.74, 6) is -3.16. The van der Waals surface area contributed by atoms with Crippen molar-refractivity contribution in [1.82, 2.24) is 25.3 Å². The zero-order valence-electron chi connectivity index (χ0n) is 16.5. The van der Waals surface area contributed by atoms with Crippen LogP contribution in [-0.4, -0.2) is 65.0 Å². The fourth-order valence-electron chi connectivity index (χ4n) is 2.75. The number of nitrogens with one attached hydrogen (secondary N) is 3. The van der Waals surface area contributed by atoms with Crippen molar-refractivity contribution < 1.29 is 24.6 Å². The molecule has 0 saturated carbocycles. The number of nitrogens with zero attached hydrogens (tertiary/aromatic N) is 3. The number of aromatic amines is 1. The lowest BCUT2D eigenvalue weighted by Crippen LogP contribution is -2.41.